The third-order valence-corrected chi connectivity index (χ3v) is 7.12. The molecule has 1 fully saturated rings. The number of hydrogen-bond donors (Lipinski definition) is 1. The summed E-state index contributed by atoms with van der Waals surface area (Å²) in [6, 6.07) is 7.45. The summed E-state index contributed by atoms with van der Waals surface area (Å²) in [7, 11) is 1.39. The minimum Gasteiger partial charge on any atom is -0.465 e. The van der Waals surface area contributed by atoms with E-state index in [9.17, 15) is 4.79 Å². The standard InChI is InChI=1S/C20H23Cl2N3O2S2/c1-3-13-11-14(19(26)27-2)18(29-13)23-20(28)25-9-7-24(8-10-25)12-15-16(21)5-4-6-17(15)22/h4-6,11H,3,7-10,12H2,1-2H3,(H,23,28). The molecule has 9 heteroatoms. The van der Waals surface area contributed by atoms with Crippen LogP contribution in [0.1, 0.15) is 27.7 Å². The van der Waals surface area contributed by atoms with E-state index >= 15 is 0 Å². The number of nitrogens with one attached hydrogen (secondary N) is 1. The molecule has 1 aliphatic rings. The lowest BCUT2D eigenvalue weighted by molar-refractivity contribution is 0.0602. The highest BCUT2D eigenvalue weighted by molar-refractivity contribution is 7.80. The third kappa shape index (κ3) is 5.41. The molecule has 5 nitrogen and oxygen atoms in total. The van der Waals surface area contributed by atoms with Gasteiger partial charge in [0, 0.05) is 53.2 Å². The van der Waals surface area contributed by atoms with Gasteiger partial charge in [-0.05, 0) is 36.8 Å². The molecule has 1 saturated heterocycles. The van der Waals surface area contributed by atoms with Crippen LogP contribution in [0, 0.1) is 0 Å². The van der Waals surface area contributed by atoms with Crippen LogP contribution in [-0.4, -0.2) is 54.2 Å². The molecule has 1 N–H and O–H groups in total. The van der Waals surface area contributed by atoms with Gasteiger partial charge in [-0.3, -0.25) is 4.90 Å². The fourth-order valence-corrected chi connectivity index (χ4v) is 5.01. The van der Waals surface area contributed by atoms with E-state index in [0.29, 0.717) is 27.3 Å². The smallest absolute Gasteiger partial charge is 0.340 e. The lowest BCUT2D eigenvalue weighted by atomic mass is 10.2. The van der Waals surface area contributed by atoms with E-state index in [0.717, 1.165) is 48.0 Å². The number of carbonyl (C=O) groups excluding carboxylic acids is 1. The molecule has 1 aromatic heterocycles. The number of aryl methyl sites for hydroxylation is 1. The van der Waals surface area contributed by atoms with Crippen molar-refractivity contribution in [2.24, 2.45) is 0 Å². The fraction of sp³-hybridized carbons (Fsp3) is 0.400. The molecule has 0 bridgehead atoms. The maximum absolute atomic E-state index is 12.1. The highest BCUT2D eigenvalue weighted by Crippen LogP contribution is 2.30. The molecule has 1 aromatic carbocycles. The lowest BCUT2D eigenvalue weighted by Crippen LogP contribution is -2.49. The molecule has 0 atom stereocenters. The predicted molar refractivity (Wildman–Crippen MR) is 125 cm³/mol. The number of halogens is 2. The summed E-state index contributed by atoms with van der Waals surface area (Å²) in [4.78, 5) is 17.6. The molecule has 0 spiro atoms. The molecule has 0 amide bonds. The Hall–Kier alpha value is -1.38. The first-order chi connectivity index (χ1) is 13.9. The van der Waals surface area contributed by atoms with Gasteiger partial charge >= 0.3 is 5.97 Å². The van der Waals surface area contributed by atoms with Crippen molar-refractivity contribution in [1.82, 2.24) is 9.80 Å². The van der Waals surface area contributed by atoms with E-state index in [2.05, 4.69) is 22.0 Å². The summed E-state index contributed by atoms with van der Waals surface area (Å²) in [6.07, 6.45) is 0.854. The van der Waals surface area contributed by atoms with Crippen LogP contribution in [0.4, 0.5) is 5.00 Å². The van der Waals surface area contributed by atoms with E-state index in [1.165, 1.54) is 18.4 Å². The Bertz CT molecular complexity index is 876. The van der Waals surface area contributed by atoms with Crippen LogP contribution in [-0.2, 0) is 17.7 Å². The van der Waals surface area contributed by atoms with Crippen molar-refractivity contribution in [3.8, 4) is 0 Å². The van der Waals surface area contributed by atoms with Crippen molar-refractivity contribution in [2.75, 3.05) is 38.6 Å². The van der Waals surface area contributed by atoms with Gasteiger partial charge in [-0.25, -0.2) is 4.79 Å². The minimum absolute atomic E-state index is 0.354. The fourth-order valence-electron chi connectivity index (χ4n) is 3.16. The largest absolute Gasteiger partial charge is 0.465 e. The Morgan fingerprint density at radius 3 is 2.48 bits per heavy atom. The summed E-state index contributed by atoms with van der Waals surface area (Å²) in [5.74, 6) is -0.354. The number of thiocarbonyl (C=S) groups is 1. The van der Waals surface area contributed by atoms with E-state index in [4.69, 9.17) is 40.2 Å². The van der Waals surface area contributed by atoms with Crippen LogP contribution in [0.15, 0.2) is 24.3 Å². The molecular weight excluding hydrogens is 449 g/mol. The Balaban J connectivity index is 1.59. The molecule has 1 aliphatic heterocycles. The van der Waals surface area contributed by atoms with Gasteiger partial charge in [-0.15, -0.1) is 11.3 Å². The number of thiophene rings is 1. The number of methoxy groups -OCH3 is 1. The van der Waals surface area contributed by atoms with E-state index in [-0.39, 0.29) is 5.97 Å². The Labute approximate surface area is 190 Å². The molecule has 0 saturated carbocycles. The van der Waals surface area contributed by atoms with E-state index in [1.54, 1.807) is 0 Å². The molecule has 0 aliphatic carbocycles. The maximum Gasteiger partial charge on any atom is 0.340 e. The van der Waals surface area contributed by atoms with E-state index in [1.807, 2.05) is 24.3 Å². The van der Waals surface area contributed by atoms with Crippen molar-refractivity contribution in [3.05, 3.63) is 50.3 Å². The van der Waals surface area contributed by atoms with Crippen molar-refractivity contribution in [2.45, 2.75) is 19.9 Å². The predicted octanol–water partition coefficient (Wildman–Crippen LogP) is 4.92. The zero-order valence-corrected chi connectivity index (χ0v) is 19.5. The van der Waals surface area contributed by atoms with Crippen molar-refractivity contribution >= 4 is 62.8 Å². The van der Waals surface area contributed by atoms with Gasteiger partial charge in [0.2, 0.25) is 0 Å². The number of anilines is 1. The second kappa shape index (κ2) is 10.1. The van der Waals surface area contributed by atoms with Crippen molar-refractivity contribution in [3.63, 3.8) is 0 Å². The summed E-state index contributed by atoms with van der Waals surface area (Å²) in [6.45, 7) is 6.03. The number of nitrogens with zero attached hydrogens (tertiary/aromatic N) is 2. The van der Waals surface area contributed by atoms with Gasteiger partial charge in [0.05, 0.1) is 12.7 Å². The summed E-state index contributed by atoms with van der Waals surface area (Å²) in [5, 5.41) is 5.99. The Morgan fingerprint density at radius 1 is 1.24 bits per heavy atom. The number of carbonyl (C=O) groups is 1. The highest BCUT2D eigenvalue weighted by atomic mass is 35.5. The van der Waals surface area contributed by atoms with Gasteiger partial charge in [0.15, 0.2) is 5.11 Å². The molecule has 0 unspecified atom stereocenters. The molecule has 156 valence electrons. The first-order valence-electron chi connectivity index (χ1n) is 9.35. The average Bonchev–Trinajstić information content (AvgIpc) is 3.13. The molecule has 0 radical (unpaired) electrons. The van der Waals surface area contributed by atoms with Gasteiger partial charge in [-0.1, -0.05) is 36.2 Å². The van der Waals surface area contributed by atoms with E-state index < -0.39 is 0 Å². The molecule has 2 heterocycles. The van der Waals surface area contributed by atoms with Crippen LogP contribution < -0.4 is 5.32 Å². The number of rotatable bonds is 5. The molecule has 2 aromatic rings. The highest BCUT2D eigenvalue weighted by Gasteiger charge is 2.23. The zero-order valence-electron chi connectivity index (χ0n) is 16.3. The normalized spacial score (nSPS) is 14.7. The molecule has 29 heavy (non-hydrogen) atoms. The topological polar surface area (TPSA) is 44.8 Å². The van der Waals surface area contributed by atoms with Gasteiger partial charge < -0.3 is 15.0 Å². The Kier molecular flexibility index (Phi) is 7.76. The maximum atomic E-state index is 12.1. The SMILES string of the molecule is CCc1cc(C(=O)OC)c(NC(=S)N2CCN(Cc3c(Cl)cccc3Cl)CC2)s1. The first kappa shape index (κ1) is 22.3. The number of ether oxygens (including phenoxy) is 1. The van der Waals surface area contributed by atoms with Crippen LogP contribution >= 0.6 is 46.8 Å². The second-order valence-corrected chi connectivity index (χ2v) is 9.03. The molecule has 3 rings (SSSR count). The zero-order chi connectivity index (χ0) is 21.0. The summed E-state index contributed by atoms with van der Waals surface area (Å²) >= 11 is 19.7. The van der Waals surface area contributed by atoms with Gasteiger partial charge in [0.25, 0.3) is 0 Å². The van der Waals surface area contributed by atoms with Gasteiger partial charge in [0.1, 0.15) is 5.00 Å². The van der Waals surface area contributed by atoms with Crippen molar-refractivity contribution < 1.29 is 9.53 Å². The number of esters is 1. The van der Waals surface area contributed by atoms with Crippen LogP contribution in [0.3, 0.4) is 0 Å². The minimum atomic E-state index is -0.354. The third-order valence-electron chi connectivity index (χ3n) is 4.86. The van der Waals surface area contributed by atoms with Crippen molar-refractivity contribution in [1.29, 1.82) is 0 Å². The number of piperazine rings is 1. The molecular formula is C20H23Cl2N3O2S2. The summed E-state index contributed by atoms with van der Waals surface area (Å²) in [5.41, 5.74) is 1.49. The first-order valence-corrected chi connectivity index (χ1v) is 11.3. The number of benzene rings is 1. The summed E-state index contributed by atoms with van der Waals surface area (Å²) < 4.78 is 4.89. The van der Waals surface area contributed by atoms with Crippen LogP contribution in [0.2, 0.25) is 10.0 Å². The lowest BCUT2D eigenvalue weighted by Gasteiger charge is -2.36. The number of hydrogen-bond acceptors (Lipinski definition) is 5. The van der Waals surface area contributed by atoms with Gasteiger partial charge in [-0.2, -0.15) is 0 Å². The van der Waals surface area contributed by atoms with Crippen LogP contribution in [0.5, 0.6) is 0 Å². The monoisotopic (exact) mass is 471 g/mol. The quantitative estimate of drug-likeness (QED) is 0.493. The average molecular weight is 472 g/mol. The van der Waals surface area contributed by atoms with Crippen LogP contribution in [0.25, 0.3) is 0 Å². The Morgan fingerprint density at radius 2 is 1.90 bits per heavy atom. The second-order valence-electron chi connectivity index (χ2n) is 6.69.